The number of rotatable bonds is 3. The van der Waals surface area contributed by atoms with Crippen molar-refractivity contribution in [2.75, 3.05) is 0 Å². The van der Waals surface area contributed by atoms with E-state index in [4.69, 9.17) is 4.42 Å². The molecule has 0 saturated heterocycles. The Morgan fingerprint density at radius 2 is 1.91 bits per heavy atom. The van der Waals surface area contributed by atoms with Gasteiger partial charge in [-0.2, -0.15) is 0 Å². The van der Waals surface area contributed by atoms with Crippen molar-refractivity contribution < 1.29 is 14.3 Å². The molecule has 2 aromatic carbocycles. The van der Waals surface area contributed by atoms with Crippen molar-refractivity contribution in [3.05, 3.63) is 69.9 Å². The molecule has 1 aromatic heterocycles. The minimum Gasteiger partial charge on any atom is -0.478 e. The second kappa shape index (κ2) is 5.48. The first-order chi connectivity index (χ1) is 10.6. The van der Waals surface area contributed by atoms with Crippen LogP contribution < -0.4 is 5.43 Å². The third-order valence-electron chi connectivity index (χ3n) is 3.62. The Balaban J connectivity index is 2.26. The molecule has 110 valence electrons. The molecule has 0 radical (unpaired) electrons. The molecule has 0 unspecified atom stereocenters. The first-order valence-corrected chi connectivity index (χ1v) is 6.99. The van der Waals surface area contributed by atoms with Gasteiger partial charge in [0.2, 0.25) is 0 Å². The van der Waals surface area contributed by atoms with Gasteiger partial charge >= 0.3 is 5.97 Å². The zero-order valence-corrected chi connectivity index (χ0v) is 12.0. The third kappa shape index (κ3) is 2.39. The minimum absolute atomic E-state index is 0.107. The van der Waals surface area contributed by atoms with E-state index in [-0.39, 0.29) is 16.8 Å². The highest BCUT2D eigenvalue weighted by atomic mass is 16.4. The van der Waals surface area contributed by atoms with Crippen LogP contribution in [0, 0.1) is 0 Å². The predicted molar refractivity (Wildman–Crippen MR) is 84.3 cm³/mol. The van der Waals surface area contributed by atoms with E-state index in [9.17, 15) is 14.7 Å². The summed E-state index contributed by atoms with van der Waals surface area (Å²) in [4.78, 5) is 23.6. The number of fused-ring (bicyclic) bond motifs is 1. The van der Waals surface area contributed by atoms with Crippen LogP contribution >= 0.6 is 0 Å². The Morgan fingerprint density at radius 3 is 2.64 bits per heavy atom. The molecule has 0 spiro atoms. The van der Waals surface area contributed by atoms with E-state index in [1.165, 1.54) is 12.1 Å². The molecule has 1 N–H and O–H groups in total. The monoisotopic (exact) mass is 294 g/mol. The van der Waals surface area contributed by atoms with Gasteiger partial charge in [0.15, 0.2) is 5.43 Å². The number of benzene rings is 2. The number of carboxylic acid groups (broad SMARTS) is 1. The van der Waals surface area contributed by atoms with Gasteiger partial charge in [-0.05, 0) is 30.2 Å². The highest BCUT2D eigenvalue weighted by molar-refractivity contribution is 5.95. The Kier molecular flexibility index (Phi) is 3.51. The molecule has 3 rings (SSSR count). The molecule has 0 aliphatic rings. The smallest absolute Gasteiger partial charge is 0.336 e. The summed E-state index contributed by atoms with van der Waals surface area (Å²) in [5, 5.41) is 9.77. The van der Waals surface area contributed by atoms with Gasteiger partial charge in [-0.1, -0.05) is 31.2 Å². The van der Waals surface area contributed by atoms with E-state index in [2.05, 4.69) is 0 Å². The molecule has 3 aromatic rings. The molecule has 4 heteroatoms. The second-order valence-corrected chi connectivity index (χ2v) is 5.01. The van der Waals surface area contributed by atoms with Crippen molar-refractivity contribution in [3.8, 4) is 11.3 Å². The third-order valence-corrected chi connectivity index (χ3v) is 3.62. The van der Waals surface area contributed by atoms with Crippen LogP contribution in [0.2, 0.25) is 0 Å². The van der Waals surface area contributed by atoms with Crippen LogP contribution in [0.3, 0.4) is 0 Å². The summed E-state index contributed by atoms with van der Waals surface area (Å²) in [7, 11) is 0. The highest BCUT2D eigenvalue weighted by Gasteiger charge is 2.14. The van der Waals surface area contributed by atoms with Crippen molar-refractivity contribution in [1.82, 2.24) is 0 Å². The Bertz CT molecular complexity index is 922. The molecule has 4 nitrogen and oxygen atoms in total. The van der Waals surface area contributed by atoms with E-state index >= 15 is 0 Å². The fourth-order valence-corrected chi connectivity index (χ4v) is 2.44. The number of carboxylic acids is 1. The molecule has 1 heterocycles. The molecule has 22 heavy (non-hydrogen) atoms. The van der Waals surface area contributed by atoms with Crippen LogP contribution in [-0.2, 0) is 6.42 Å². The summed E-state index contributed by atoms with van der Waals surface area (Å²) in [6.07, 6.45) is 0.832. The average Bonchev–Trinajstić information content (AvgIpc) is 2.54. The lowest BCUT2D eigenvalue weighted by atomic mass is 10.0. The molecule has 0 bridgehead atoms. The Hall–Kier alpha value is -2.88. The Labute approximate surface area is 126 Å². The van der Waals surface area contributed by atoms with Crippen LogP contribution in [0.25, 0.3) is 22.3 Å². The van der Waals surface area contributed by atoms with E-state index in [1.807, 2.05) is 19.1 Å². The molecule has 0 aliphatic carbocycles. The number of aromatic carboxylic acids is 1. The van der Waals surface area contributed by atoms with Crippen LogP contribution in [0.4, 0.5) is 0 Å². The van der Waals surface area contributed by atoms with Gasteiger partial charge in [-0.15, -0.1) is 0 Å². The van der Waals surface area contributed by atoms with Crippen LogP contribution in [-0.4, -0.2) is 11.1 Å². The first kappa shape index (κ1) is 14.1. The summed E-state index contributed by atoms with van der Waals surface area (Å²) in [6.45, 7) is 2.01. The SMILES string of the molecule is CCc1ccc2oc(-c3ccccc3C(=O)O)cc(=O)c2c1. The number of aryl methyl sites for hydroxylation is 1. The lowest BCUT2D eigenvalue weighted by Gasteiger charge is -2.07. The zero-order valence-electron chi connectivity index (χ0n) is 12.0. The molecule has 0 aliphatic heterocycles. The summed E-state index contributed by atoms with van der Waals surface area (Å²) < 4.78 is 5.76. The maximum atomic E-state index is 12.3. The maximum Gasteiger partial charge on any atom is 0.336 e. The summed E-state index contributed by atoms with van der Waals surface area (Å²) in [6, 6.07) is 13.3. The predicted octanol–water partition coefficient (Wildman–Crippen LogP) is 3.72. The van der Waals surface area contributed by atoms with Crippen molar-refractivity contribution in [3.63, 3.8) is 0 Å². The van der Waals surface area contributed by atoms with Gasteiger partial charge in [0.25, 0.3) is 0 Å². The Morgan fingerprint density at radius 1 is 1.14 bits per heavy atom. The van der Waals surface area contributed by atoms with Crippen LogP contribution in [0.5, 0.6) is 0 Å². The normalized spacial score (nSPS) is 10.8. The zero-order chi connectivity index (χ0) is 15.7. The second-order valence-electron chi connectivity index (χ2n) is 5.01. The van der Waals surface area contributed by atoms with Gasteiger partial charge in [-0.3, -0.25) is 4.79 Å². The van der Waals surface area contributed by atoms with E-state index in [0.717, 1.165) is 12.0 Å². The van der Waals surface area contributed by atoms with Gasteiger partial charge in [0.05, 0.1) is 10.9 Å². The van der Waals surface area contributed by atoms with Gasteiger partial charge in [0.1, 0.15) is 11.3 Å². The fraction of sp³-hybridized carbons (Fsp3) is 0.111. The molecule has 0 amide bonds. The molecule has 0 saturated carbocycles. The molecule has 0 atom stereocenters. The lowest BCUT2D eigenvalue weighted by molar-refractivity contribution is 0.0697. The largest absolute Gasteiger partial charge is 0.478 e. The topological polar surface area (TPSA) is 67.5 Å². The van der Waals surface area contributed by atoms with Crippen LogP contribution in [0.15, 0.2) is 57.7 Å². The van der Waals surface area contributed by atoms with Crippen molar-refractivity contribution in [2.24, 2.45) is 0 Å². The van der Waals surface area contributed by atoms with Gasteiger partial charge in [0, 0.05) is 11.6 Å². The van der Waals surface area contributed by atoms with Crippen molar-refractivity contribution in [1.29, 1.82) is 0 Å². The summed E-state index contributed by atoms with van der Waals surface area (Å²) in [5.41, 5.74) is 1.84. The maximum absolute atomic E-state index is 12.3. The molecule has 0 fully saturated rings. The summed E-state index contributed by atoms with van der Waals surface area (Å²) in [5.74, 6) is -0.792. The van der Waals surface area contributed by atoms with Crippen molar-refractivity contribution >= 4 is 16.9 Å². The van der Waals surface area contributed by atoms with Crippen molar-refractivity contribution in [2.45, 2.75) is 13.3 Å². The van der Waals surface area contributed by atoms with Gasteiger partial charge < -0.3 is 9.52 Å². The number of carbonyl (C=O) groups is 1. The van der Waals surface area contributed by atoms with E-state index in [1.54, 1.807) is 24.3 Å². The van der Waals surface area contributed by atoms with Crippen LogP contribution in [0.1, 0.15) is 22.8 Å². The minimum atomic E-state index is -1.06. The number of hydrogen-bond acceptors (Lipinski definition) is 3. The van der Waals surface area contributed by atoms with E-state index < -0.39 is 5.97 Å². The van der Waals surface area contributed by atoms with Gasteiger partial charge in [-0.25, -0.2) is 4.79 Å². The quantitative estimate of drug-likeness (QED) is 0.799. The average molecular weight is 294 g/mol. The summed E-state index contributed by atoms with van der Waals surface area (Å²) >= 11 is 0. The standard InChI is InChI=1S/C18H14O4/c1-2-11-7-8-16-14(9-11)15(19)10-17(22-16)12-5-3-4-6-13(12)18(20)21/h3-10H,2H2,1H3,(H,20,21). The fourth-order valence-electron chi connectivity index (χ4n) is 2.44. The van der Waals surface area contributed by atoms with E-state index in [0.29, 0.717) is 16.5 Å². The number of hydrogen-bond donors (Lipinski definition) is 1. The lowest BCUT2D eigenvalue weighted by Crippen LogP contribution is -2.04. The molecular weight excluding hydrogens is 280 g/mol. The first-order valence-electron chi connectivity index (χ1n) is 6.99. The highest BCUT2D eigenvalue weighted by Crippen LogP contribution is 2.26. The molecular formula is C18H14O4.